The van der Waals surface area contributed by atoms with Gasteiger partial charge in [0.15, 0.2) is 0 Å². The fourth-order valence-corrected chi connectivity index (χ4v) is 3.66. The van der Waals surface area contributed by atoms with Gasteiger partial charge in [0, 0.05) is 52.0 Å². The number of halogens is 2. The minimum atomic E-state index is -0.375. The number of carbonyl (C=O) groups excluding carboxylic acids is 1. The molecule has 1 atom stereocenters. The smallest absolute Gasteiger partial charge is 0.230 e. The van der Waals surface area contributed by atoms with Crippen LogP contribution in [0.1, 0.15) is 32.1 Å². The van der Waals surface area contributed by atoms with E-state index in [1.54, 1.807) is 0 Å². The zero-order chi connectivity index (χ0) is 14.2. The Hall–Kier alpha value is -0.0700. The summed E-state index contributed by atoms with van der Waals surface area (Å²) in [7, 11) is 1.97. The summed E-state index contributed by atoms with van der Waals surface area (Å²) >= 11 is 0. The van der Waals surface area contributed by atoms with E-state index in [1.165, 1.54) is 12.8 Å². The Labute approximate surface area is 145 Å². The number of rotatable bonds is 4. The maximum atomic E-state index is 12.9. The summed E-state index contributed by atoms with van der Waals surface area (Å²) in [6, 6.07) is 1.17. The normalized spacial score (nSPS) is 27.6. The van der Waals surface area contributed by atoms with Crippen molar-refractivity contribution in [3.8, 4) is 0 Å². The first kappa shape index (κ1) is 20.0. The van der Waals surface area contributed by atoms with Crippen LogP contribution >= 0.6 is 24.8 Å². The van der Waals surface area contributed by atoms with Gasteiger partial charge in [-0.3, -0.25) is 9.69 Å². The third kappa shape index (κ3) is 3.88. The van der Waals surface area contributed by atoms with Crippen LogP contribution in [0.4, 0.5) is 0 Å². The van der Waals surface area contributed by atoms with Gasteiger partial charge in [-0.25, -0.2) is 0 Å². The van der Waals surface area contributed by atoms with Gasteiger partial charge in [-0.2, -0.15) is 0 Å². The molecule has 3 aliphatic rings. The van der Waals surface area contributed by atoms with Gasteiger partial charge in [0.05, 0.1) is 5.41 Å². The highest BCUT2D eigenvalue weighted by Gasteiger charge is 2.44. The van der Waals surface area contributed by atoms with E-state index in [0.29, 0.717) is 25.8 Å². The molecule has 0 aromatic heterocycles. The molecule has 1 aliphatic carbocycles. The van der Waals surface area contributed by atoms with Gasteiger partial charge < -0.3 is 15.4 Å². The van der Waals surface area contributed by atoms with Gasteiger partial charge in [-0.05, 0) is 32.1 Å². The highest BCUT2D eigenvalue weighted by Crippen LogP contribution is 2.34. The van der Waals surface area contributed by atoms with E-state index in [4.69, 9.17) is 10.5 Å². The molecule has 3 fully saturated rings. The molecule has 0 aromatic rings. The fourth-order valence-electron chi connectivity index (χ4n) is 3.66. The van der Waals surface area contributed by atoms with Crippen molar-refractivity contribution < 1.29 is 9.53 Å². The van der Waals surface area contributed by atoms with Crippen LogP contribution in [0, 0.1) is 5.41 Å². The summed E-state index contributed by atoms with van der Waals surface area (Å²) in [5.74, 6) is 0.242. The highest BCUT2D eigenvalue weighted by atomic mass is 35.5. The third-order valence-corrected chi connectivity index (χ3v) is 5.42. The summed E-state index contributed by atoms with van der Waals surface area (Å²) in [5, 5.41) is 0. The fraction of sp³-hybridized carbons (Fsp3) is 0.933. The predicted octanol–water partition coefficient (Wildman–Crippen LogP) is 1.28. The molecule has 0 spiro atoms. The quantitative estimate of drug-likeness (QED) is 0.826. The summed E-state index contributed by atoms with van der Waals surface area (Å²) in [6.07, 6.45) is 5.33. The van der Waals surface area contributed by atoms with Gasteiger partial charge in [0.2, 0.25) is 5.91 Å². The number of amides is 1. The van der Waals surface area contributed by atoms with Crippen molar-refractivity contribution in [1.82, 2.24) is 9.80 Å². The number of carbonyl (C=O) groups is 1. The molecule has 2 N–H and O–H groups in total. The molecule has 130 valence electrons. The lowest BCUT2D eigenvalue weighted by atomic mass is 9.78. The van der Waals surface area contributed by atoms with Gasteiger partial charge in [0.1, 0.15) is 0 Å². The number of likely N-dealkylation sites (N-methyl/N-ethyl adjacent to an activating group) is 1. The molecule has 2 saturated heterocycles. The topological polar surface area (TPSA) is 58.8 Å². The number of hydrogen-bond donors (Lipinski definition) is 1. The molecule has 5 nitrogen and oxygen atoms in total. The molecule has 2 aliphatic heterocycles. The van der Waals surface area contributed by atoms with Gasteiger partial charge in [0.25, 0.3) is 0 Å². The predicted molar refractivity (Wildman–Crippen MR) is 91.8 cm³/mol. The van der Waals surface area contributed by atoms with Gasteiger partial charge in [-0.15, -0.1) is 24.8 Å². The first-order valence-electron chi connectivity index (χ1n) is 7.95. The van der Waals surface area contributed by atoms with Crippen LogP contribution in [-0.2, 0) is 9.53 Å². The minimum absolute atomic E-state index is 0. The van der Waals surface area contributed by atoms with Crippen molar-refractivity contribution in [2.45, 2.75) is 44.2 Å². The lowest BCUT2D eigenvalue weighted by molar-refractivity contribution is -0.147. The molecule has 0 aromatic carbocycles. The number of hydrogen-bond acceptors (Lipinski definition) is 4. The number of nitrogens with two attached hydrogens (primary N) is 1. The van der Waals surface area contributed by atoms with Crippen LogP contribution in [0.25, 0.3) is 0 Å². The molecule has 1 amide bonds. The number of ether oxygens (including phenoxy) is 1. The van der Waals surface area contributed by atoms with E-state index in [1.807, 2.05) is 11.9 Å². The first-order valence-corrected chi connectivity index (χ1v) is 7.95. The van der Waals surface area contributed by atoms with E-state index in [9.17, 15) is 4.79 Å². The second kappa shape index (κ2) is 8.15. The molecule has 1 saturated carbocycles. The number of likely N-dealkylation sites (tertiary alicyclic amines) is 1. The summed E-state index contributed by atoms with van der Waals surface area (Å²) in [6.45, 7) is 3.96. The number of nitrogens with zero attached hydrogens (tertiary/aromatic N) is 2. The van der Waals surface area contributed by atoms with Gasteiger partial charge >= 0.3 is 0 Å². The molecular formula is C15H29Cl2N3O2. The Bertz CT molecular complexity index is 374. The van der Waals surface area contributed by atoms with Crippen LogP contribution < -0.4 is 5.73 Å². The molecule has 22 heavy (non-hydrogen) atoms. The Balaban J connectivity index is 0.00000121. The van der Waals surface area contributed by atoms with Crippen molar-refractivity contribution in [1.29, 1.82) is 0 Å². The van der Waals surface area contributed by atoms with E-state index in [0.717, 1.165) is 38.4 Å². The third-order valence-electron chi connectivity index (χ3n) is 5.42. The molecule has 0 bridgehead atoms. The monoisotopic (exact) mass is 353 g/mol. The maximum absolute atomic E-state index is 12.9. The zero-order valence-corrected chi connectivity index (χ0v) is 15.0. The zero-order valence-electron chi connectivity index (χ0n) is 13.3. The van der Waals surface area contributed by atoms with E-state index >= 15 is 0 Å². The molecule has 0 radical (unpaired) electrons. The van der Waals surface area contributed by atoms with Crippen LogP contribution in [0.3, 0.4) is 0 Å². The molecule has 2 heterocycles. The van der Waals surface area contributed by atoms with Crippen LogP contribution in [0.2, 0.25) is 0 Å². The summed E-state index contributed by atoms with van der Waals surface area (Å²) in [5.41, 5.74) is 5.57. The van der Waals surface area contributed by atoms with E-state index in [2.05, 4.69) is 4.90 Å². The van der Waals surface area contributed by atoms with Crippen molar-refractivity contribution in [2.24, 2.45) is 11.1 Å². The molecular weight excluding hydrogens is 325 g/mol. The maximum Gasteiger partial charge on any atom is 0.230 e. The second-order valence-electron chi connectivity index (χ2n) is 6.68. The first-order chi connectivity index (χ1) is 9.66. The van der Waals surface area contributed by atoms with Crippen molar-refractivity contribution in [3.63, 3.8) is 0 Å². The minimum Gasteiger partial charge on any atom is -0.381 e. The molecule has 7 heteroatoms. The largest absolute Gasteiger partial charge is 0.381 e. The lowest BCUT2D eigenvalue weighted by Gasteiger charge is -2.39. The Morgan fingerprint density at radius 2 is 1.91 bits per heavy atom. The van der Waals surface area contributed by atoms with Crippen LogP contribution in [0.5, 0.6) is 0 Å². The Morgan fingerprint density at radius 1 is 1.27 bits per heavy atom. The highest BCUT2D eigenvalue weighted by molar-refractivity contribution is 5.85. The summed E-state index contributed by atoms with van der Waals surface area (Å²) < 4.78 is 5.40. The molecule has 3 rings (SSSR count). The SMILES string of the molecule is CN(C(=O)C1(CN)CCOCC1)C1CCN(C2CC2)C1.Cl.Cl. The molecule has 1 unspecified atom stereocenters. The average Bonchev–Trinajstić information content (AvgIpc) is 3.24. The van der Waals surface area contributed by atoms with Crippen LogP contribution in [-0.4, -0.2) is 67.7 Å². The van der Waals surface area contributed by atoms with E-state index < -0.39 is 0 Å². The van der Waals surface area contributed by atoms with Crippen LogP contribution in [0.15, 0.2) is 0 Å². The Kier molecular flexibility index (Phi) is 7.40. The average molecular weight is 354 g/mol. The second-order valence-corrected chi connectivity index (χ2v) is 6.68. The lowest BCUT2D eigenvalue weighted by Crippen LogP contribution is -2.52. The Morgan fingerprint density at radius 3 is 2.45 bits per heavy atom. The van der Waals surface area contributed by atoms with E-state index in [-0.39, 0.29) is 36.1 Å². The van der Waals surface area contributed by atoms with Gasteiger partial charge in [-0.1, -0.05) is 0 Å². The standard InChI is InChI=1S/C15H27N3O2.2ClH/c1-17(13-4-7-18(10-13)12-2-3-12)14(19)15(11-16)5-8-20-9-6-15;;/h12-13H,2-11,16H2,1H3;2*1H. The van der Waals surface area contributed by atoms with Crippen molar-refractivity contribution >= 4 is 30.7 Å². The van der Waals surface area contributed by atoms with Crippen molar-refractivity contribution in [3.05, 3.63) is 0 Å². The van der Waals surface area contributed by atoms with Crippen molar-refractivity contribution in [2.75, 3.05) is 39.9 Å². The summed E-state index contributed by atoms with van der Waals surface area (Å²) in [4.78, 5) is 17.4.